The third-order valence-electron chi connectivity index (χ3n) is 2.43. The van der Waals surface area contributed by atoms with Crippen molar-refractivity contribution in [2.45, 2.75) is 13.2 Å². The van der Waals surface area contributed by atoms with E-state index < -0.39 is 6.61 Å². The molecule has 18 heavy (non-hydrogen) atoms. The van der Waals surface area contributed by atoms with E-state index in [0.29, 0.717) is 12.2 Å². The van der Waals surface area contributed by atoms with Gasteiger partial charge in [-0.05, 0) is 17.7 Å². The molecule has 0 fully saturated rings. The zero-order valence-electron chi connectivity index (χ0n) is 9.64. The van der Waals surface area contributed by atoms with Crippen LogP contribution in [-0.4, -0.2) is 6.61 Å². The number of benzene rings is 2. The van der Waals surface area contributed by atoms with E-state index in [1.165, 1.54) is 6.07 Å². The molecule has 0 bridgehead atoms. The van der Waals surface area contributed by atoms with Gasteiger partial charge in [-0.1, -0.05) is 42.5 Å². The first-order chi connectivity index (χ1) is 8.75. The summed E-state index contributed by atoms with van der Waals surface area (Å²) >= 11 is 0. The number of ether oxygens (including phenoxy) is 1. The van der Waals surface area contributed by atoms with E-state index in [4.69, 9.17) is 0 Å². The molecular formula is C14H13F2NO. The largest absolute Gasteiger partial charge is 0.433 e. The minimum Gasteiger partial charge on any atom is -0.433 e. The van der Waals surface area contributed by atoms with E-state index >= 15 is 0 Å². The molecule has 0 atom stereocenters. The Labute approximate surface area is 104 Å². The van der Waals surface area contributed by atoms with Gasteiger partial charge in [-0.3, -0.25) is 0 Å². The molecule has 0 aliphatic rings. The lowest BCUT2D eigenvalue weighted by molar-refractivity contribution is -0.0493. The van der Waals surface area contributed by atoms with E-state index in [0.717, 1.165) is 5.56 Å². The number of halogens is 2. The van der Waals surface area contributed by atoms with Crippen molar-refractivity contribution in [2.24, 2.45) is 0 Å². The van der Waals surface area contributed by atoms with Gasteiger partial charge in [0.1, 0.15) is 5.75 Å². The SMILES string of the molecule is FC(F)Oc1ccccc1NCc1ccccc1. The van der Waals surface area contributed by atoms with Crippen LogP contribution in [0.5, 0.6) is 5.75 Å². The summed E-state index contributed by atoms with van der Waals surface area (Å²) < 4.78 is 28.9. The highest BCUT2D eigenvalue weighted by Crippen LogP contribution is 2.25. The Morgan fingerprint density at radius 3 is 2.33 bits per heavy atom. The van der Waals surface area contributed by atoms with Crippen molar-refractivity contribution in [3.8, 4) is 5.75 Å². The van der Waals surface area contributed by atoms with Crippen molar-refractivity contribution in [3.63, 3.8) is 0 Å². The number of para-hydroxylation sites is 2. The van der Waals surface area contributed by atoms with Crippen molar-refractivity contribution in [1.82, 2.24) is 0 Å². The predicted octanol–water partition coefficient (Wildman–Crippen LogP) is 3.90. The van der Waals surface area contributed by atoms with Crippen LogP contribution in [0.4, 0.5) is 14.5 Å². The van der Waals surface area contributed by atoms with Crippen LogP contribution in [0.1, 0.15) is 5.56 Å². The highest BCUT2D eigenvalue weighted by Gasteiger charge is 2.08. The Kier molecular flexibility index (Phi) is 4.12. The van der Waals surface area contributed by atoms with Gasteiger partial charge in [0.05, 0.1) is 5.69 Å². The Morgan fingerprint density at radius 1 is 0.944 bits per heavy atom. The van der Waals surface area contributed by atoms with Crippen molar-refractivity contribution in [1.29, 1.82) is 0 Å². The minimum atomic E-state index is -2.82. The van der Waals surface area contributed by atoms with Crippen molar-refractivity contribution in [2.75, 3.05) is 5.32 Å². The maximum absolute atomic E-state index is 12.2. The van der Waals surface area contributed by atoms with Gasteiger partial charge >= 0.3 is 6.61 Å². The molecule has 0 saturated heterocycles. The fraction of sp³-hybridized carbons (Fsp3) is 0.143. The zero-order chi connectivity index (χ0) is 12.8. The van der Waals surface area contributed by atoms with E-state index in [1.807, 2.05) is 30.3 Å². The first-order valence-corrected chi connectivity index (χ1v) is 5.57. The Balaban J connectivity index is 2.05. The molecule has 0 aliphatic heterocycles. The number of hydrogen-bond donors (Lipinski definition) is 1. The molecule has 0 saturated carbocycles. The van der Waals surface area contributed by atoms with Crippen LogP contribution < -0.4 is 10.1 Å². The van der Waals surface area contributed by atoms with Crippen LogP contribution in [0.3, 0.4) is 0 Å². The van der Waals surface area contributed by atoms with Gasteiger partial charge in [0, 0.05) is 6.54 Å². The van der Waals surface area contributed by atoms with Gasteiger partial charge in [-0.15, -0.1) is 0 Å². The topological polar surface area (TPSA) is 21.3 Å². The molecule has 1 N–H and O–H groups in total. The molecular weight excluding hydrogens is 236 g/mol. The van der Waals surface area contributed by atoms with E-state index in [9.17, 15) is 8.78 Å². The Morgan fingerprint density at radius 2 is 1.61 bits per heavy atom. The van der Waals surface area contributed by atoms with Crippen LogP contribution in [-0.2, 0) is 6.54 Å². The van der Waals surface area contributed by atoms with Crippen LogP contribution in [0.15, 0.2) is 54.6 Å². The summed E-state index contributed by atoms with van der Waals surface area (Å²) in [6, 6.07) is 16.4. The smallest absolute Gasteiger partial charge is 0.387 e. The monoisotopic (exact) mass is 249 g/mol. The lowest BCUT2D eigenvalue weighted by Crippen LogP contribution is -2.06. The fourth-order valence-corrected chi connectivity index (χ4v) is 1.60. The van der Waals surface area contributed by atoms with Crippen LogP contribution in [0, 0.1) is 0 Å². The van der Waals surface area contributed by atoms with Gasteiger partial charge in [0.25, 0.3) is 0 Å². The standard InChI is InChI=1S/C14H13F2NO/c15-14(16)18-13-9-5-4-8-12(13)17-10-11-6-2-1-3-7-11/h1-9,14,17H,10H2. The molecule has 2 nitrogen and oxygen atoms in total. The summed E-state index contributed by atoms with van der Waals surface area (Å²) in [6.07, 6.45) is 0. The van der Waals surface area contributed by atoms with Gasteiger partial charge < -0.3 is 10.1 Å². The molecule has 0 heterocycles. The van der Waals surface area contributed by atoms with Gasteiger partial charge in [0.2, 0.25) is 0 Å². The first kappa shape index (κ1) is 12.4. The molecule has 94 valence electrons. The molecule has 0 spiro atoms. The number of alkyl halides is 2. The predicted molar refractivity (Wildman–Crippen MR) is 66.8 cm³/mol. The molecule has 0 radical (unpaired) electrons. The molecule has 4 heteroatoms. The molecule has 0 aliphatic carbocycles. The maximum atomic E-state index is 12.2. The second kappa shape index (κ2) is 6.00. The first-order valence-electron chi connectivity index (χ1n) is 5.57. The summed E-state index contributed by atoms with van der Waals surface area (Å²) in [5.74, 6) is 0.156. The highest BCUT2D eigenvalue weighted by atomic mass is 19.3. The lowest BCUT2D eigenvalue weighted by Gasteiger charge is -2.12. The van der Waals surface area contributed by atoms with Crippen LogP contribution in [0.25, 0.3) is 0 Å². The summed E-state index contributed by atoms with van der Waals surface area (Å²) in [5.41, 5.74) is 1.63. The summed E-state index contributed by atoms with van der Waals surface area (Å²) in [7, 11) is 0. The normalized spacial score (nSPS) is 10.4. The van der Waals surface area contributed by atoms with Crippen molar-refractivity contribution < 1.29 is 13.5 Å². The average molecular weight is 249 g/mol. The van der Waals surface area contributed by atoms with E-state index in [-0.39, 0.29) is 5.75 Å². The third kappa shape index (κ3) is 3.45. The number of hydrogen-bond acceptors (Lipinski definition) is 2. The summed E-state index contributed by atoms with van der Waals surface area (Å²) in [5, 5.41) is 3.08. The van der Waals surface area contributed by atoms with Gasteiger partial charge in [-0.2, -0.15) is 8.78 Å². The molecule has 0 unspecified atom stereocenters. The lowest BCUT2D eigenvalue weighted by atomic mass is 10.2. The molecule has 2 aromatic carbocycles. The maximum Gasteiger partial charge on any atom is 0.387 e. The van der Waals surface area contributed by atoms with E-state index in [1.54, 1.807) is 18.2 Å². The average Bonchev–Trinajstić information content (AvgIpc) is 2.38. The van der Waals surface area contributed by atoms with Gasteiger partial charge in [-0.25, -0.2) is 0 Å². The molecule has 0 aromatic heterocycles. The second-order valence-electron chi connectivity index (χ2n) is 3.71. The van der Waals surface area contributed by atoms with Crippen molar-refractivity contribution >= 4 is 5.69 Å². The summed E-state index contributed by atoms with van der Waals surface area (Å²) in [6.45, 7) is -2.26. The van der Waals surface area contributed by atoms with Crippen molar-refractivity contribution in [3.05, 3.63) is 60.2 Å². The number of anilines is 1. The van der Waals surface area contributed by atoms with E-state index in [2.05, 4.69) is 10.1 Å². The third-order valence-corrected chi connectivity index (χ3v) is 2.43. The number of rotatable bonds is 5. The Bertz CT molecular complexity index is 488. The quantitative estimate of drug-likeness (QED) is 0.867. The molecule has 2 aromatic rings. The highest BCUT2D eigenvalue weighted by molar-refractivity contribution is 5.56. The number of nitrogens with one attached hydrogen (secondary N) is 1. The second-order valence-corrected chi connectivity index (χ2v) is 3.71. The van der Waals surface area contributed by atoms with Gasteiger partial charge in [0.15, 0.2) is 0 Å². The Hall–Kier alpha value is -2.10. The molecule has 2 rings (SSSR count). The minimum absolute atomic E-state index is 0.156. The molecule has 0 amide bonds. The fourth-order valence-electron chi connectivity index (χ4n) is 1.60. The summed E-state index contributed by atoms with van der Waals surface area (Å²) in [4.78, 5) is 0. The van der Waals surface area contributed by atoms with Crippen LogP contribution in [0.2, 0.25) is 0 Å². The van der Waals surface area contributed by atoms with Crippen LogP contribution >= 0.6 is 0 Å². The zero-order valence-corrected chi connectivity index (χ0v) is 9.64.